The fourth-order valence-electron chi connectivity index (χ4n) is 6.79. The maximum Gasteiger partial charge on any atom is 0.0482 e. The molecule has 9 aromatic rings. The molecule has 0 spiro atoms. The van der Waals surface area contributed by atoms with E-state index >= 15 is 0 Å². The Balaban J connectivity index is 1.17. The lowest BCUT2D eigenvalue weighted by molar-refractivity contribution is 1.28. The molecular weight excluding hydrogens is 613 g/mol. The average molecular weight is 645 g/mol. The highest BCUT2D eigenvalue weighted by Crippen LogP contribution is 2.41. The Labute approximate surface area is 290 Å². The Morgan fingerprint density at radius 3 is 1.88 bits per heavy atom. The zero-order chi connectivity index (χ0) is 32.6. The van der Waals surface area contributed by atoms with E-state index in [1.54, 1.807) is 0 Å². The van der Waals surface area contributed by atoms with Crippen molar-refractivity contribution in [3.8, 4) is 22.3 Å². The van der Waals surface area contributed by atoms with E-state index in [1.165, 1.54) is 53.2 Å². The minimum Gasteiger partial charge on any atom is -0.355 e. The van der Waals surface area contributed by atoms with Gasteiger partial charge in [-0.1, -0.05) is 109 Å². The fraction of sp³-hybridized carbons (Fsp3) is 0. The molecule has 0 fully saturated rings. The first-order valence-corrected chi connectivity index (χ1v) is 17.4. The Bertz CT molecular complexity index is 2590. The van der Waals surface area contributed by atoms with Crippen LogP contribution < -0.4 is 10.2 Å². The molecule has 8 aromatic carbocycles. The summed E-state index contributed by atoms with van der Waals surface area (Å²) in [7, 11) is 0. The van der Waals surface area contributed by atoms with Gasteiger partial charge in [0.15, 0.2) is 0 Å². The van der Waals surface area contributed by atoms with Crippen molar-refractivity contribution in [3.63, 3.8) is 0 Å². The van der Waals surface area contributed by atoms with Crippen LogP contribution in [0.1, 0.15) is 0 Å². The summed E-state index contributed by atoms with van der Waals surface area (Å²) in [4.78, 5) is 2.36. The lowest BCUT2D eigenvalue weighted by Crippen LogP contribution is -2.10. The molecule has 2 nitrogen and oxygen atoms in total. The van der Waals surface area contributed by atoms with Gasteiger partial charge in [-0.2, -0.15) is 0 Å². The first-order chi connectivity index (χ1) is 24.2. The van der Waals surface area contributed by atoms with E-state index in [1.807, 2.05) is 11.3 Å². The molecule has 0 aliphatic carbocycles. The van der Waals surface area contributed by atoms with Crippen LogP contribution in [0.3, 0.4) is 0 Å². The van der Waals surface area contributed by atoms with Crippen LogP contribution in [0, 0.1) is 0 Å². The van der Waals surface area contributed by atoms with E-state index in [9.17, 15) is 0 Å². The number of para-hydroxylation sites is 1. The van der Waals surface area contributed by atoms with E-state index in [0.29, 0.717) is 0 Å². The number of anilines is 5. The summed E-state index contributed by atoms with van der Waals surface area (Å²) < 4.78 is 2.62. The number of rotatable bonds is 7. The number of nitrogens with zero attached hydrogens (tertiary/aromatic N) is 1. The van der Waals surface area contributed by atoms with Gasteiger partial charge in [-0.25, -0.2) is 0 Å². The zero-order valence-electron chi connectivity index (χ0n) is 26.8. The van der Waals surface area contributed by atoms with Gasteiger partial charge in [-0.3, -0.25) is 0 Å². The topological polar surface area (TPSA) is 15.3 Å². The summed E-state index contributed by atoms with van der Waals surface area (Å²) >= 11 is 1.84. The maximum absolute atomic E-state index is 3.72. The number of benzene rings is 8. The number of fused-ring (bicyclic) bond motifs is 4. The third kappa shape index (κ3) is 5.71. The van der Waals surface area contributed by atoms with Gasteiger partial charge in [0.05, 0.1) is 0 Å². The molecule has 1 N–H and O–H groups in total. The minimum absolute atomic E-state index is 1.03. The molecule has 232 valence electrons. The van der Waals surface area contributed by atoms with Crippen molar-refractivity contribution in [2.45, 2.75) is 0 Å². The smallest absolute Gasteiger partial charge is 0.0482 e. The SMILES string of the molecule is c1ccc(-c2cc(-c3ccc4ccccc4c3)cc(N(c3ccccc3)c3cccc(Nc4ccc5sc6ccccc6c5c4)c3)c2)cc1. The van der Waals surface area contributed by atoms with E-state index < -0.39 is 0 Å². The van der Waals surface area contributed by atoms with Crippen molar-refractivity contribution < 1.29 is 0 Å². The predicted molar refractivity (Wildman–Crippen MR) is 212 cm³/mol. The molecule has 49 heavy (non-hydrogen) atoms. The molecule has 0 bridgehead atoms. The highest BCUT2D eigenvalue weighted by Gasteiger charge is 2.16. The van der Waals surface area contributed by atoms with E-state index in [4.69, 9.17) is 0 Å². The number of thiophene rings is 1. The summed E-state index contributed by atoms with van der Waals surface area (Å²) in [5, 5.41) is 8.78. The van der Waals surface area contributed by atoms with Crippen molar-refractivity contribution in [2.75, 3.05) is 10.2 Å². The molecule has 0 radical (unpaired) electrons. The van der Waals surface area contributed by atoms with E-state index in [0.717, 1.165) is 28.4 Å². The Morgan fingerprint density at radius 1 is 0.347 bits per heavy atom. The number of nitrogens with one attached hydrogen (secondary N) is 1. The van der Waals surface area contributed by atoms with Gasteiger partial charge in [0.2, 0.25) is 0 Å². The molecule has 9 rings (SSSR count). The van der Waals surface area contributed by atoms with Crippen LogP contribution in [0.15, 0.2) is 188 Å². The molecule has 0 saturated carbocycles. The van der Waals surface area contributed by atoms with Crippen molar-refractivity contribution in [3.05, 3.63) is 188 Å². The highest BCUT2D eigenvalue weighted by molar-refractivity contribution is 7.25. The summed E-state index contributed by atoms with van der Waals surface area (Å²) in [6, 6.07) is 67.6. The van der Waals surface area contributed by atoms with Gasteiger partial charge in [0, 0.05) is 48.6 Å². The average Bonchev–Trinajstić information content (AvgIpc) is 3.54. The first kappa shape index (κ1) is 29.0. The Morgan fingerprint density at radius 2 is 1.02 bits per heavy atom. The van der Waals surface area contributed by atoms with Crippen LogP contribution in [0.25, 0.3) is 53.2 Å². The van der Waals surface area contributed by atoms with Gasteiger partial charge >= 0.3 is 0 Å². The predicted octanol–water partition coefficient (Wildman–Crippen LogP) is 13.8. The summed E-state index contributed by atoms with van der Waals surface area (Å²) in [6.45, 7) is 0. The lowest BCUT2D eigenvalue weighted by atomic mass is 9.96. The third-order valence-electron chi connectivity index (χ3n) is 9.15. The Hall–Kier alpha value is -6.16. The van der Waals surface area contributed by atoms with E-state index in [2.05, 4.69) is 198 Å². The second kappa shape index (κ2) is 12.5. The van der Waals surface area contributed by atoms with Crippen molar-refractivity contribution in [1.82, 2.24) is 0 Å². The molecule has 0 saturated heterocycles. The van der Waals surface area contributed by atoms with Gasteiger partial charge in [-0.15, -0.1) is 11.3 Å². The van der Waals surface area contributed by atoms with E-state index in [-0.39, 0.29) is 0 Å². The van der Waals surface area contributed by atoms with Crippen LogP contribution in [0.4, 0.5) is 28.4 Å². The molecular formula is C46H32N2S. The second-order valence-corrected chi connectivity index (χ2v) is 13.4. The molecule has 3 heteroatoms. The normalized spacial score (nSPS) is 11.3. The largest absolute Gasteiger partial charge is 0.355 e. The number of hydrogen-bond donors (Lipinski definition) is 1. The second-order valence-electron chi connectivity index (χ2n) is 12.4. The van der Waals surface area contributed by atoms with Crippen LogP contribution in [-0.4, -0.2) is 0 Å². The molecule has 0 unspecified atom stereocenters. The molecule has 0 aliphatic heterocycles. The van der Waals surface area contributed by atoms with Crippen LogP contribution in [0.2, 0.25) is 0 Å². The molecule has 1 heterocycles. The lowest BCUT2D eigenvalue weighted by Gasteiger charge is -2.27. The van der Waals surface area contributed by atoms with Crippen molar-refractivity contribution in [1.29, 1.82) is 0 Å². The van der Waals surface area contributed by atoms with Gasteiger partial charge in [0.1, 0.15) is 0 Å². The number of hydrogen-bond acceptors (Lipinski definition) is 3. The van der Waals surface area contributed by atoms with Crippen LogP contribution in [0.5, 0.6) is 0 Å². The first-order valence-electron chi connectivity index (χ1n) is 16.6. The Kier molecular flexibility index (Phi) is 7.38. The van der Waals surface area contributed by atoms with Crippen molar-refractivity contribution >= 4 is 70.7 Å². The highest BCUT2D eigenvalue weighted by atomic mass is 32.1. The molecule has 0 aliphatic rings. The quantitative estimate of drug-likeness (QED) is 0.186. The summed E-state index contributed by atoms with van der Waals surface area (Å²) in [5.74, 6) is 0. The van der Waals surface area contributed by atoms with Gasteiger partial charge in [0.25, 0.3) is 0 Å². The summed E-state index contributed by atoms with van der Waals surface area (Å²) in [5.41, 5.74) is 10.1. The van der Waals surface area contributed by atoms with Crippen LogP contribution in [-0.2, 0) is 0 Å². The van der Waals surface area contributed by atoms with Crippen molar-refractivity contribution in [2.24, 2.45) is 0 Å². The standard InChI is InChI=1S/C46H32N2S/c1-3-12-32(13-4-1)36-27-37(35-23-22-33-14-7-8-15-34(33)26-35)29-42(28-36)48(40-17-5-2-6-18-40)41-19-11-16-38(30-41)47-39-24-25-46-44(31-39)43-20-9-10-21-45(43)49-46/h1-31,47H. The zero-order valence-corrected chi connectivity index (χ0v) is 27.6. The summed E-state index contributed by atoms with van der Waals surface area (Å²) in [6.07, 6.45) is 0. The van der Waals surface area contributed by atoms with Crippen LogP contribution >= 0.6 is 11.3 Å². The maximum atomic E-state index is 3.72. The fourth-order valence-corrected chi connectivity index (χ4v) is 7.88. The molecule has 0 atom stereocenters. The van der Waals surface area contributed by atoms with Gasteiger partial charge in [-0.05, 0) is 112 Å². The molecule has 0 amide bonds. The monoisotopic (exact) mass is 644 g/mol. The third-order valence-corrected chi connectivity index (χ3v) is 10.3. The molecule has 1 aromatic heterocycles. The minimum atomic E-state index is 1.03. The van der Waals surface area contributed by atoms with Gasteiger partial charge < -0.3 is 10.2 Å².